The zero-order valence-corrected chi connectivity index (χ0v) is 11.3. The van der Waals surface area contributed by atoms with Gasteiger partial charge in [0, 0.05) is 5.69 Å². The molecule has 0 saturated heterocycles. The highest BCUT2D eigenvalue weighted by atomic mass is 19.1. The second kappa shape index (κ2) is 6.19. The largest absolute Gasteiger partial charge is 0.399 e. The molecule has 0 bridgehead atoms. The molecule has 4 heteroatoms. The molecule has 3 nitrogen and oxygen atoms in total. The van der Waals surface area contributed by atoms with Crippen LogP contribution in [0.2, 0.25) is 0 Å². The summed E-state index contributed by atoms with van der Waals surface area (Å²) < 4.78 is 13.6. The maximum absolute atomic E-state index is 13.6. The van der Waals surface area contributed by atoms with Crippen molar-refractivity contribution in [3.05, 3.63) is 59.9 Å². The lowest BCUT2D eigenvalue weighted by molar-refractivity contribution is -0.117. The summed E-state index contributed by atoms with van der Waals surface area (Å²) in [6, 6.07) is 13.6. The lowest BCUT2D eigenvalue weighted by atomic mass is 9.95. The summed E-state index contributed by atoms with van der Waals surface area (Å²) in [4.78, 5) is 12.3. The number of benzene rings is 2. The third-order valence-corrected chi connectivity index (χ3v) is 3.17. The third kappa shape index (κ3) is 3.15. The molecule has 0 aliphatic carbocycles. The van der Waals surface area contributed by atoms with Gasteiger partial charge in [0.15, 0.2) is 0 Å². The number of anilines is 2. The Balaban J connectivity index is 2.20. The molecule has 0 spiro atoms. The number of hydrogen-bond acceptors (Lipinski definition) is 2. The normalized spacial score (nSPS) is 11.9. The molecule has 1 atom stereocenters. The van der Waals surface area contributed by atoms with Gasteiger partial charge < -0.3 is 11.1 Å². The second-order valence-electron chi connectivity index (χ2n) is 4.60. The Kier molecular flexibility index (Phi) is 4.35. The van der Waals surface area contributed by atoms with Gasteiger partial charge in [-0.05, 0) is 30.2 Å². The molecule has 0 aliphatic heterocycles. The van der Waals surface area contributed by atoms with Crippen molar-refractivity contribution >= 4 is 17.3 Å². The fraction of sp³-hybridized carbons (Fsp3) is 0.188. The summed E-state index contributed by atoms with van der Waals surface area (Å²) >= 11 is 0. The predicted octanol–water partition coefficient (Wildman–Crippen LogP) is 3.54. The van der Waals surface area contributed by atoms with Crippen LogP contribution in [0.5, 0.6) is 0 Å². The first kappa shape index (κ1) is 14.1. The molecule has 2 aromatic carbocycles. The van der Waals surface area contributed by atoms with Crippen LogP contribution >= 0.6 is 0 Å². The van der Waals surface area contributed by atoms with Crippen LogP contribution < -0.4 is 11.1 Å². The first-order chi connectivity index (χ1) is 9.61. The highest BCUT2D eigenvalue weighted by Crippen LogP contribution is 2.23. The Bertz CT molecular complexity index is 599. The van der Waals surface area contributed by atoms with Crippen LogP contribution in [-0.2, 0) is 4.79 Å². The smallest absolute Gasteiger partial charge is 0.231 e. The van der Waals surface area contributed by atoms with Crippen molar-refractivity contribution in [2.75, 3.05) is 11.1 Å². The monoisotopic (exact) mass is 272 g/mol. The fourth-order valence-corrected chi connectivity index (χ4v) is 2.12. The zero-order valence-electron chi connectivity index (χ0n) is 11.3. The Morgan fingerprint density at radius 2 is 1.95 bits per heavy atom. The minimum atomic E-state index is -0.490. The molecule has 2 rings (SSSR count). The summed E-state index contributed by atoms with van der Waals surface area (Å²) in [5, 5.41) is 2.61. The number of nitrogens with two attached hydrogens (primary N) is 1. The van der Waals surface area contributed by atoms with Gasteiger partial charge in [0.1, 0.15) is 5.82 Å². The fourth-order valence-electron chi connectivity index (χ4n) is 2.12. The molecular formula is C16H17FN2O. The molecule has 2 aromatic rings. The van der Waals surface area contributed by atoms with E-state index in [9.17, 15) is 9.18 Å². The number of nitrogen functional groups attached to an aromatic ring is 1. The molecule has 0 aromatic heterocycles. The molecule has 0 heterocycles. The topological polar surface area (TPSA) is 55.1 Å². The molecule has 1 amide bonds. The first-order valence-corrected chi connectivity index (χ1v) is 6.52. The average molecular weight is 272 g/mol. The van der Waals surface area contributed by atoms with Crippen LogP contribution in [0, 0.1) is 5.82 Å². The van der Waals surface area contributed by atoms with E-state index < -0.39 is 5.82 Å². The van der Waals surface area contributed by atoms with E-state index in [0.29, 0.717) is 12.1 Å². The standard InChI is InChI=1S/C16H17FN2O/c1-2-13(11-6-4-3-5-7-11)16(20)19-15-10-12(18)8-9-14(15)17/h3-10,13H,2,18H2,1H3,(H,19,20). The summed E-state index contributed by atoms with van der Waals surface area (Å²) in [6.45, 7) is 1.92. The molecule has 0 saturated carbocycles. The molecule has 0 radical (unpaired) electrons. The van der Waals surface area contributed by atoms with Crippen molar-refractivity contribution in [1.82, 2.24) is 0 Å². The highest BCUT2D eigenvalue weighted by Gasteiger charge is 2.19. The Labute approximate surface area is 117 Å². The SMILES string of the molecule is CCC(C(=O)Nc1cc(N)ccc1F)c1ccccc1. The number of halogens is 1. The van der Waals surface area contributed by atoms with Crippen molar-refractivity contribution in [3.63, 3.8) is 0 Å². The van der Waals surface area contributed by atoms with Gasteiger partial charge in [0.05, 0.1) is 11.6 Å². The zero-order chi connectivity index (χ0) is 14.5. The Morgan fingerprint density at radius 1 is 1.25 bits per heavy atom. The van der Waals surface area contributed by atoms with Crippen molar-refractivity contribution in [2.24, 2.45) is 0 Å². The van der Waals surface area contributed by atoms with Crippen LogP contribution in [0.25, 0.3) is 0 Å². The van der Waals surface area contributed by atoms with E-state index in [4.69, 9.17) is 5.73 Å². The molecule has 104 valence electrons. The summed E-state index contributed by atoms with van der Waals surface area (Å²) in [7, 11) is 0. The molecule has 3 N–H and O–H groups in total. The van der Waals surface area contributed by atoms with Gasteiger partial charge in [0.25, 0.3) is 0 Å². The highest BCUT2D eigenvalue weighted by molar-refractivity contribution is 5.96. The van der Waals surface area contributed by atoms with Crippen LogP contribution in [0.3, 0.4) is 0 Å². The second-order valence-corrected chi connectivity index (χ2v) is 4.60. The number of hydrogen-bond donors (Lipinski definition) is 2. The van der Waals surface area contributed by atoms with E-state index in [1.54, 1.807) is 0 Å². The number of carbonyl (C=O) groups is 1. The van der Waals surface area contributed by atoms with E-state index in [0.717, 1.165) is 5.56 Å². The lowest BCUT2D eigenvalue weighted by Crippen LogP contribution is -2.21. The van der Waals surface area contributed by atoms with Crippen molar-refractivity contribution in [3.8, 4) is 0 Å². The number of amides is 1. The summed E-state index contributed by atoms with van der Waals surface area (Å²) in [6.07, 6.45) is 0.639. The first-order valence-electron chi connectivity index (χ1n) is 6.52. The Morgan fingerprint density at radius 3 is 2.60 bits per heavy atom. The van der Waals surface area contributed by atoms with Crippen LogP contribution in [0.15, 0.2) is 48.5 Å². The van der Waals surface area contributed by atoms with Crippen molar-refractivity contribution < 1.29 is 9.18 Å². The molecule has 0 aliphatic rings. The van der Waals surface area contributed by atoms with E-state index in [1.165, 1.54) is 18.2 Å². The van der Waals surface area contributed by atoms with Crippen LogP contribution in [-0.4, -0.2) is 5.91 Å². The lowest BCUT2D eigenvalue weighted by Gasteiger charge is -2.16. The maximum Gasteiger partial charge on any atom is 0.231 e. The number of rotatable bonds is 4. The quantitative estimate of drug-likeness (QED) is 0.836. The van der Waals surface area contributed by atoms with Crippen molar-refractivity contribution in [1.29, 1.82) is 0 Å². The van der Waals surface area contributed by atoms with E-state index in [2.05, 4.69) is 5.32 Å². The van der Waals surface area contributed by atoms with Gasteiger partial charge >= 0.3 is 0 Å². The van der Waals surface area contributed by atoms with Gasteiger partial charge in [-0.25, -0.2) is 4.39 Å². The minimum Gasteiger partial charge on any atom is -0.399 e. The van der Waals surface area contributed by atoms with Crippen molar-refractivity contribution in [2.45, 2.75) is 19.3 Å². The van der Waals surface area contributed by atoms with E-state index in [-0.39, 0.29) is 17.5 Å². The van der Waals surface area contributed by atoms with Gasteiger partial charge in [-0.15, -0.1) is 0 Å². The average Bonchev–Trinajstić information content (AvgIpc) is 2.45. The molecular weight excluding hydrogens is 255 g/mol. The van der Waals surface area contributed by atoms with Gasteiger partial charge in [0.2, 0.25) is 5.91 Å². The van der Waals surface area contributed by atoms with Gasteiger partial charge in [-0.1, -0.05) is 37.3 Å². The molecule has 1 unspecified atom stereocenters. The summed E-state index contributed by atoms with van der Waals surface area (Å²) in [5.74, 6) is -1.03. The number of carbonyl (C=O) groups excluding carboxylic acids is 1. The van der Waals surface area contributed by atoms with E-state index >= 15 is 0 Å². The molecule has 20 heavy (non-hydrogen) atoms. The van der Waals surface area contributed by atoms with Crippen LogP contribution in [0.4, 0.5) is 15.8 Å². The van der Waals surface area contributed by atoms with Gasteiger partial charge in [-0.2, -0.15) is 0 Å². The Hall–Kier alpha value is -2.36. The maximum atomic E-state index is 13.6. The summed E-state index contributed by atoms with van der Waals surface area (Å²) in [5.41, 5.74) is 7.05. The third-order valence-electron chi connectivity index (χ3n) is 3.17. The number of nitrogens with one attached hydrogen (secondary N) is 1. The predicted molar refractivity (Wildman–Crippen MR) is 78.9 cm³/mol. The molecule has 0 fully saturated rings. The van der Waals surface area contributed by atoms with Gasteiger partial charge in [-0.3, -0.25) is 4.79 Å². The minimum absolute atomic E-state index is 0.115. The van der Waals surface area contributed by atoms with E-state index in [1.807, 2.05) is 37.3 Å². The van der Waals surface area contributed by atoms with Crippen LogP contribution in [0.1, 0.15) is 24.8 Å².